The van der Waals surface area contributed by atoms with Gasteiger partial charge in [-0.15, -0.1) is 0 Å². The van der Waals surface area contributed by atoms with Crippen LogP contribution in [0.2, 0.25) is 0 Å². The van der Waals surface area contributed by atoms with Gasteiger partial charge in [0.15, 0.2) is 0 Å². The molecule has 2 aromatic rings. The number of fused-ring (bicyclic) bond motifs is 2. The van der Waals surface area contributed by atoms with Crippen LogP contribution in [0.5, 0.6) is 0 Å². The molecule has 0 spiro atoms. The minimum absolute atomic E-state index is 0.00277. The molecule has 1 heterocycles. The van der Waals surface area contributed by atoms with Crippen LogP contribution >= 0.6 is 0 Å². The zero-order chi connectivity index (χ0) is 19.7. The van der Waals surface area contributed by atoms with Gasteiger partial charge in [-0.3, -0.25) is 9.59 Å². The zero-order valence-corrected chi connectivity index (χ0v) is 16.0. The Hall–Kier alpha value is -3.08. The number of nitrogens with two attached hydrogens (primary N) is 1. The van der Waals surface area contributed by atoms with Crippen molar-refractivity contribution in [2.45, 2.75) is 44.7 Å². The van der Waals surface area contributed by atoms with Gasteiger partial charge in [-0.05, 0) is 59.7 Å². The van der Waals surface area contributed by atoms with E-state index in [0.717, 1.165) is 41.6 Å². The number of carbonyl (C=O) groups is 2. The van der Waals surface area contributed by atoms with Crippen LogP contribution in [0.4, 0.5) is 5.69 Å². The number of anilines is 1. The number of rotatable bonds is 3. The van der Waals surface area contributed by atoms with Crippen molar-refractivity contribution in [3.05, 3.63) is 70.9 Å². The van der Waals surface area contributed by atoms with Gasteiger partial charge in [-0.2, -0.15) is 0 Å². The number of hydrogen-bond acceptors (Lipinski definition) is 3. The first-order valence-electron chi connectivity index (χ1n) is 9.76. The highest BCUT2D eigenvalue weighted by Gasteiger charge is 2.29. The van der Waals surface area contributed by atoms with Crippen LogP contribution in [0.1, 0.15) is 60.5 Å². The molecule has 2 amide bonds. The molecule has 3 N–H and O–H groups in total. The number of aryl methyl sites for hydroxylation is 1. The van der Waals surface area contributed by atoms with E-state index in [0.29, 0.717) is 0 Å². The first kappa shape index (κ1) is 18.3. The molecular formula is C23H25N3O2. The van der Waals surface area contributed by atoms with Crippen molar-refractivity contribution in [3.8, 4) is 0 Å². The molecule has 0 saturated carbocycles. The molecule has 0 saturated heterocycles. The van der Waals surface area contributed by atoms with E-state index in [1.165, 1.54) is 12.5 Å². The van der Waals surface area contributed by atoms with E-state index in [-0.39, 0.29) is 30.3 Å². The Bertz CT molecular complexity index is 951. The molecule has 0 radical (unpaired) electrons. The van der Waals surface area contributed by atoms with Crippen molar-refractivity contribution in [1.29, 1.82) is 0 Å². The summed E-state index contributed by atoms with van der Waals surface area (Å²) in [6.07, 6.45) is 6.87. The predicted molar refractivity (Wildman–Crippen MR) is 110 cm³/mol. The molecule has 144 valence electrons. The van der Waals surface area contributed by atoms with E-state index >= 15 is 0 Å². The molecule has 1 aliphatic carbocycles. The second-order valence-electron chi connectivity index (χ2n) is 7.56. The van der Waals surface area contributed by atoms with Crippen LogP contribution in [0.25, 0.3) is 6.08 Å². The summed E-state index contributed by atoms with van der Waals surface area (Å²) in [5.74, 6) is -0.113. The Balaban J connectivity index is 1.54. The molecule has 2 aliphatic rings. The molecule has 0 aromatic heterocycles. The van der Waals surface area contributed by atoms with E-state index < -0.39 is 0 Å². The third-order valence-corrected chi connectivity index (χ3v) is 5.66. The van der Waals surface area contributed by atoms with Crippen molar-refractivity contribution in [2.24, 2.45) is 0 Å². The number of nitrogens with one attached hydrogen (secondary N) is 1. The second kappa shape index (κ2) is 7.50. The Morgan fingerprint density at radius 3 is 2.82 bits per heavy atom. The molecule has 0 bridgehead atoms. The minimum Gasteiger partial charge on any atom is -0.399 e. The van der Waals surface area contributed by atoms with Crippen molar-refractivity contribution in [3.63, 3.8) is 0 Å². The monoisotopic (exact) mass is 375 g/mol. The van der Waals surface area contributed by atoms with Gasteiger partial charge in [-0.1, -0.05) is 30.3 Å². The molecule has 28 heavy (non-hydrogen) atoms. The van der Waals surface area contributed by atoms with Crippen LogP contribution in [-0.4, -0.2) is 16.7 Å². The largest absolute Gasteiger partial charge is 0.399 e. The topological polar surface area (TPSA) is 75.4 Å². The highest BCUT2D eigenvalue weighted by molar-refractivity contribution is 5.82. The maximum atomic E-state index is 12.9. The highest BCUT2D eigenvalue weighted by atomic mass is 16.2. The quantitative estimate of drug-likeness (QED) is 0.803. The number of amides is 2. The molecule has 2 aromatic carbocycles. The summed E-state index contributed by atoms with van der Waals surface area (Å²) in [4.78, 5) is 26.7. The summed E-state index contributed by atoms with van der Waals surface area (Å²) >= 11 is 0. The van der Waals surface area contributed by atoms with Gasteiger partial charge in [0.1, 0.15) is 0 Å². The van der Waals surface area contributed by atoms with Gasteiger partial charge in [0.2, 0.25) is 11.8 Å². The molecule has 4 rings (SSSR count). The molecule has 0 fully saturated rings. The summed E-state index contributed by atoms with van der Waals surface area (Å²) < 4.78 is 0. The van der Waals surface area contributed by atoms with Crippen molar-refractivity contribution >= 4 is 23.6 Å². The molecule has 5 nitrogen and oxygen atoms in total. The van der Waals surface area contributed by atoms with E-state index in [2.05, 4.69) is 5.32 Å². The molecular weight excluding hydrogens is 350 g/mol. The van der Waals surface area contributed by atoms with Gasteiger partial charge in [0.25, 0.3) is 0 Å². The number of benzene rings is 2. The zero-order valence-electron chi connectivity index (χ0n) is 16.0. The van der Waals surface area contributed by atoms with Crippen molar-refractivity contribution < 1.29 is 9.59 Å². The van der Waals surface area contributed by atoms with E-state index in [1.54, 1.807) is 11.1 Å². The minimum atomic E-state index is -0.284. The summed E-state index contributed by atoms with van der Waals surface area (Å²) in [6, 6.07) is 13.6. The Kier molecular flexibility index (Phi) is 4.90. The summed E-state index contributed by atoms with van der Waals surface area (Å²) in [5.41, 5.74) is 11.1. The fourth-order valence-electron chi connectivity index (χ4n) is 4.33. The lowest BCUT2D eigenvalue weighted by Crippen LogP contribution is -2.37. The Labute approximate surface area is 165 Å². The van der Waals surface area contributed by atoms with Gasteiger partial charge >= 0.3 is 0 Å². The number of nitrogen functional groups attached to an aromatic ring is 1. The van der Waals surface area contributed by atoms with Crippen LogP contribution in [0, 0.1) is 0 Å². The van der Waals surface area contributed by atoms with Crippen LogP contribution in [-0.2, 0) is 16.0 Å². The lowest BCUT2D eigenvalue weighted by Gasteiger charge is -2.33. The fraction of sp³-hybridized carbons (Fsp3) is 0.304. The molecule has 5 heteroatoms. The van der Waals surface area contributed by atoms with Gasteiger partial charge in [-0.25, -0.2) is 0 Å². The third kappa shape index (κ3) is 3.52. The number of carbonyl (C=O) groups excluding carboxylic acids is 2. The number of hydrogen-bond donors (Lipinski definition) is 2. The Morgan fingerprint density at radius 1 is 1.18 bits per heavy atom. The first-order valence-corrected chi connectivity index (χ1v) is 9.76. The summed E-state index contributed by atoms with van der Waals surface area (Å²) in [5, 5.41) is 3.19. The fourth-order valence-corrected chi connectivity index (χ4v) is 4.33. The van der Waals surface area contributed by atoms with Crippen molar-refractivity contribution in [2.75, 3.05) is 5.73 Å². The SMILES string of the molecule is CC(=O)N1C=Cc2ccccc2C1CC(=O)NC1CCCc2cc(N)ccc21. The summed E-state index contributed by atoms with van der Waals surface area (Å²) in [7, 11) is 0. The van der Waals surface area contributed by atoms with Gasteiger partial charge in [0.05, 0.1) is 18.5 Å². The van der Waals surface area contributed by atoms with E-state index in [1.807, 2.05) is 48.5 Å². The molecule has 2 atom stereocenters. The Morgan fingerprint density at radius 2 is 2.00 bits per heavy atom. The number of nitrogens with zero attached hydrogens (tertiary/aromatic N) is 1. The van der Waals surface area contributed by atoms with Gasteiger partial charge in [0, 0.05) is 18.8 Å². The van der Waals surface area contributed by atoms with E-state index in [9.17, 15) is 9.59 Å². The average Bonchev–Trinajstić information content (AvgIpc) is 2.68. The standard InChI is InChI=1S/C23H25N3O2/c1-15(27)26-12-11-16-5-2-3-7-20(16)22(26)14-23(28)25-21-8-4-6-17-13-18(24)9-10-19(17)21/h2-3,5,7,9-13,21-22H,4,6,8,14,24H2,1H3,(H,25,28). The molecule has 1 aliphatic heterocycles. The van der Waals surface area contributed by atoms with Crippen LogP contribution < -0.4 is 11.1 Å². The molecule has 2 unspecified atom stereocenters. The van der Waals surface area contributed by atoms with Crippen molar-refractivity contribution in [1.82, 2.24) is 10.2 Å². The lowest BCUT2D eigenvalue weighted by atomic mass is 9.87. The van der Waals surface area contributed by atoms with Crippen LogP contribution in [0.15, 0.2) is 48.7 Å². The third-order valence-electron chi connectivity index (χ3n) is 5.66. The second-order valence-corrected chi connectivity index (χ2v) is 7.56. The maximum Gasteiger partial charge on any atom is 0.223 e. The smallest absolute Gasteiger partial charge is 0.223 e. The average molecular weight is 375 g/mol. The van der Waals surface area contributed by atoms with Gasteiger partial charge < -0.3 is 16.0 Å². The maximum absolute atomic E-state index is 12.9. The van der Waals surface area contributed by atoms with E-state index in [4.69, 9.17) is 5.73 Å². The highest BCUT2D eigenvalue weighted by Crippen LogP contribution is 2.34. The first-order chi connectivity index (χ1) is 13.5. The predicted octanol–water partition coefficient (Wildman–Crippen LogP) is 3.73. The lowest BCUT2D eigenvalue weighted by molar-refractivity contribution is -0.130. The van der Waals surface area contributed by atoms with Crippen LogP contribution in [0.3, 0.4) is 0 Å². The normalized spacial score (nSPS) is 20.2. The summed E-state index contributed by atoms with van der Waals surface area (Å²) in [6.45, 7) is 1.53.